The first-order chi connectivity index (χ1) is 8.50. The molecule has 0 saturated carbocycles. The molecule has 0 amide bonds. The van der Waals surface area contributed by atoms with E-state index in [0.717, 1.165) is 30.9 Å². The van der Waals surface area contributed by atoms with Crippen LogP contribution < -0.4 is 5.73 Å². The van der Waals surface area contributed by atoms with Gasteiger partial charge in [-0.15, -0.1) is 0 Å². The molecular weight excluding hydrogens is 241 g/mol. The molecule has 0 unspecified atom stereocenters. The quantitative estimate of drug-likeness (QED) is 0.808. The van der Waals surface area contributed by atoms with E-state index >= 15 is 0 Å². The number of aromatic nitrogens is 1. The number of halogens is 3. The van der Waals surface area contributed by atoms with Gasteiger partial charge in [0.1, 0.15) is 5.69 Å². The summed E-state index contributed by atoms with van der Waals surface area (Å²) in [5, 5.41) is 0.604. The van der Waals surface area contributed by atoms with Crippen LogP contribution in [0, 0.1) is 0 Å². The average Bonchev–Trinajstić information content (AvgIpc) is 2.72. The van der Waals surface area contributed by atoms with Crippen molar-refractivity contribution < 1.29 is 13.2 Å². The van der Waals surface area contributed by atoms with Crippen molar-refractivity contribution in [3.05, 3.63) is 35.5 Å². The van der Waals surface area contributed by atoms with Crippen molar-refractivity contribution in [2.75, 3.05) is 6.54 Å². The van der Waals surface area contributed by atoms with Crippen LogP contribution in [0.25, 0.3) is 10.9 Å². The molecule has 0 fully saturated rings. The molecule has 0 bridgehead atoms. The molecule has 5 heteroatoms. The number of hydrogen-bond acceptors (Lipinski definition) is 1. The van der Waals surface area contributed by atoms with Crippen LogP contribution in [-0.2, 0) is 12.6 Å². The molecule has 0 atom stereocenters. The maximum Gasteiger partial charge on any atom is 0.431 e. The van der Waals surface area contributed by atoms with Crippen molar-refractivity contribution in [3.63, 3.8) is 0 Å². The van der Waals surface area contributed by atoms with Crippen molar-refractivity contribution in [3.8, 4) is 0 Å². The first kappa shape index (κ1) is 13.0. The minimum Gasteiger partial charge on any atom is -0.351 e. The SMILES string of the molecule is NCCCCc1ccc2[nH]c(C(F)(F)F)cc2c1. The summed E-state index contributed by atoms with van der Waals surface area (Å²) in [5.74, 6) is 0. The molecule has 0 aliphatic carbocycles. The molecule has 98 valence electrons. The highest BCUT2D eigenvalue weighted by Crippen LogP contribution is 2.31. The van der Waals surface area contributed by atoms with Crippen molar-refractivity contribution >= 4 is 10.9 Å². The molecule has 0 radical (unpaired) electrons. The van der Waals surface area contributed by atoms with Crippen LogP contribution in [-0.4, -0.2) is 11.5 Å². The second-order valence-corrected chi connectivity index (χ2v) is 4.35. The van der Waals surface area contributed by atoms with Crippen LogP contribution >= 0.6 is 0 Å². The van der Waals surface area contributed by atoms with Gasteiger partial charge < -0.3 is 10.7 Å². The highest BCUT2D eigenvalue weighted by atomic mass is 19.4. The number of aromatic amines is 1. The van der Waals surface area contributed by atoms with E-state index in [-0.39, 0.29) is 0 Å². The Balaban J connectivity index is 2.23. The Morgan fingerprint density at radius 1 is 1.11 bits per heavy atom. The fraction of sp³-hybridized carbons (Fsp3) is 0.385. The topological polar surface area (TPSA) is 41.8 Å². The lowest BCUT2D eigenvalue weighted by Crippen LogP contribution is -2.04. The van der Waals surface area contributed by atoms with Gasteiger partial charge in [-0.05, 0) is 49.6 Å². The Labute approximate surface area is 103 Å². The molecule has 1 aromatic carbocycles. The highest BCUT2D eigenvalue weighted by molar-refractivity contribution is 5.81. The van der Waals surface area contributed by atoms with Gasteiger partial charge in [-0.25, -0.2) is 0 Å². The van der Waals surface area contributed by atoms with Crippen LogP contribution in [0.15, 0.2) is 24.3 Å². The monoisotopic (exact) mass is 256 g/mol. The second kappa shape index (κ2) is 5.02. The number of fused-ring (bicyclic) bond motifs is 1. The summed E-state index contributed by atoms with van der Waals surface area (Å²) in [4.78, 5) is 2.38. The number of nitrogens with one attached hydrogen (secondary N) is 1. The second-order valence-electron chi connectivity index (χ2n) is 4.35. The standard InChI is InChI=1S/C13H15F3N2/c14-13(15,16)12-8-10-7-9(3-1-2-6-17)4-5-11(10)18-12/h4-5,7-8,18H,1-3,6,17H2. The van der Waals surface area contributed by atoms with E-state index in [0.29, 0.717) is 17.4 Å². The third-order valence-electron chi connectivity index (χ3n) is 2.91. The van der Waals surface area contributed by atoms with Crippen molar-refractivity contribution in [2.24, 2.45) is 5.73 Å². The van der Waals surface area contributed by atoms with E-state index in [1.165, 1.54) is 0 Å². The van der Waals surface area contributed by atoms with E-state index in [2.05, 4.69) is 4.98 Å². The summed E-state index contributed by atoms with van der Waals surface area (Å²) in [6, 6.07) is 6.51. The number of H-pyrrole nitrogens is 1. The van der Waals surface area contributed by atoms with Crippen LogP contribution in [0.2, 0.25) is 0 Å². The van der Waals surface area contributed by atoms with Crippen LogP contribution in [0.1, 0.15) is 24.1 Å². The molecule has 2 nitrogen and oxygen atoms in total. The van der Waals surface area contributed by atoms with E-state index < -0.39 is 11.9 Å². The summed E-state index contributed by atoms with van der Waals surface area (Å²) in [6.45, 7) is 0.643. The predicted molar refractivity (Wildman–Crippen MR) is 65.3 cm³/mol. The molecule has 1 aromatic heterocycles. The van der Waals surface area contributed by atoms with Gasteiger partial charge in [0, 0.05) is 10.9 Å². The van der Waals surface area contributed by atoms with Gasteiger partial charge in [0.15, 0.2) is 0 Å². The number of alkyl halides is 3. The van der Waals surface area contributed by atoms with Gasteiger partial charge in [0.05, 0.1) is 0 Å². The highest BCUT2D eigenvalue weighted by Gasteiger charge is 2.32. The lowest BCUT2D eigenvalue weighted by Gasteiger charge is -2.00. The fourth-order valence-corrected chi connectivity index (χ4v) is 1.96. The predicted octanol–water partition coefficient (Wildman–Crippen LogP) is 3.47. The smallest absolute Gasteiger partial charge is 0.351 e. The number of unbranched alkanes of at least 4 members (excludes halogenated alkanes) is 1. The third kappa shape index (κ3) is 2.85. The molecule has 0 aliphatic heterocycles. The lowest BCUT2D eigenvalue weighted by molar-refractivity contribution is -0.140. The van der Waals surface area contributed by atoms with E-state index in [4.69, 9.17) is 5.73 Å². The summed E-state index contributed by atoms with van der Waals surface area (Å²) >= 11 is 0. The molecule has 0 spiro atoms. The molecular formula is C13H15F3N2. The van der Waals surface area contributed by atoms with Gasteiger partial charge in [-0.1, -0.05) is 6.07 Å². The summed E-state index contributed by atoms with van der Waals surface area (Å²) in [5.41, 5.74) is 6.27. The molecule has 2 rings (SSSR count). The zero-order valence-electron chi connectivity index (χ0n) is 9.85. The summed E-state index contributed by atoms with van der Waals surface area (Å²) in [6.07, 6.45) is -1.59. The van der Waals surface area contributed by atoms with Crippen molar-refractivity contribution in [2.45, 2.75) is 25.4 Å². The first-order valence-corrected chi connectivity index (χ1v) is 5.89. The Morgan fingerprint density at radius 2 is 1.89 bits per heavy atom. The van der Waals surface area contributed by atoms with Crippen LogP contribution in [0.5, 0.6) is 0 Å². The van der Waals surface area contributed by atoms with Crippen LogP contribution in [0.4, 0.5) is 13.2 Å². The number of benzene rings is 1. The zero-order valence-corrected chi connectivity index (χ0v) is 9.85. The number of nitrogens with two attached hydrogens (primary N) is 1. The molecule has 2 aromatic rings. The average molecular weight is 256 g/mol. The molecule has 1 heterocycles. The number of hydrogen-bond donors (Lipinski definition) is 2. The Hall–Kier alpha value is -1.49. The first-order valence-electron chi connectivity index (χ1n) is 5.89. The number of aryl methyl sites for hydroxylation is 1. The normalized spacial score (nSPS) is 12.2. The summed E-state index contributed by atoms with van der Waals surface area (Å²) < 4.78 is 37.6. The summed E-state index contributed by atoms with van der Waals surface area (Å²) in [7, 11) is 0. The Kier molecular flexibility index (Phi) is 3.61. The Bertz CT molecular complexity index is 529. The van der Waals surface area contributed by atoms with Gasteiger partial charge in [-0.2, -0.15) is 13.2 Å². The van der Waals surface area contributed by atoms with E-state index in [1.54, 1.807) is 12.1 Å². The van der Waals surface area contributed by atoms with Crippen molar-refractivity contribution in [1.29, 1.82) is 0 Å². The lowest BCUT2D eigenvalue weighted by atomic mass is 10.1. The van der Waals surface area contributed by atoms with Gasteiger partial charge in [-0.3, -0.25) is 0 Å². The Morgan fingerprint density at radius 3 is 2.56 bits per heavy atom. The van der Waals surface area contributed by atoms with E-state index in [1.807, 2.05) is 6.07 Å². The maximum absolute atomic E-state index is 12.5. The fourth-order valence-electron chi connectivity index (χ4n) is 1.96. The maximum atomic E-state index is 12.5. The van der Waals surface area contributed by atoms with Crippen molar-refractivity contribution in [1.82, 2.24) is 4.98 Å². The molecule has 18 heavy (non-hydrogen) atoms. The van der Waals surface area contributed by atoms with E-state index in [9.17, 15) is 13.2 Å². The zero-order chi connectivity index (χ0) is 13.2. The molecule has 0 aliphatic rings. The van der Waals surface area contributed by atoms with Gasteiger partial charge in [0.25, 0.3) is 0 Å². The minimum atomic E-state index is -4.32. The van der Waals surface area contributed by atoms with Gasteiger partial charge in [0.2, 0.25) is 0 Å². The van der Waals surface area contributed by atoms with Gasteiger partial charge >= 0.3 is 6.18 Å². The minimum absolute atomic E-state index is 0.518. The number of rotatable bonds is 4. The largest absolute Gasteiger partial charge is 0.431 e. The third-order valence-corrected chi connectivity index (χ3v) is 2.91. The van der Waals surface area contributed by atoms with Crippen LogP contribution in [0.3, 0.4) is 0 Å². The molecule has 3 N–H and O–H groups in total. The molecule has 0 saturated heterocycles.